The van der Waals surface area contributed by atoms with Gasteiger partial charge in [0.1, 0.15) is 0 Å². The Morgan fingerprint density at radius 3 is 1.33 bits per heavy atom. The van der Waals surface area contributed by atoms with Crippen molar-refractivity contribution >= 4 is 45.4 Å². The maximum atomic E-state index is 12.7. The number of methoxy groups -OCH3 is 4. The van der Waals surface area contributed by atoms with E-state index in [1.165, 1.54) is 28.4 Å². The molecule has 5 aromatic carbocycles. The Hall–Kier alpha value is -5.50. The summed E-state index contributed by atoms with van der Waals surface area (Å²) < 4.78 is 19.9. The molecule has 0 saturated heterocycles. The van der Waals surface area contributed by atoms with Gasteiger partial charge < -0.3 is 18.9 Å². The molecule has 0 atom stereocenters. The summed E-state index contributed by atoms with van der Waals surface area (Å²) in [5.74, 6) is -1.92. The van der Waals surface area contributed by atoms with Crippen molar-refractivity contribution in [2.24, 2.45) is 0 Å². The van der Waals surface area contributed by atoms with Gasteiger partial charge in [0.2, 0.25) is 0 Å². The number of carbonyl (C=O) groups is 4. The van der Waals surface area contributed by atoms with Gasteiger partial charge in [-0.25, -0.2) is 19.2 Å². The van der Waals surface area contributed by atoms with E-state index in [2.05, 4.69) is 0 Å². The Kier molecular flexibility index (Phi) is 7.94. The van der Waals surface area contributed by atoms with Gasteiger partial charge in [-0.15, -0.1) is 0 Å². The van der Waals surface area contributed by atoms with Crippen molar-refractivity contribution in [3.8, 4) is 22.3 Å². The normalized spacial score (nSPS) is 10.8. The number of hydrogen-bond acceptors (Lipinski definition) is 8. The molecular weight excluding hydrogens is 548 g/mol. The van der Waals surface area contributed by atoms with Crippen molar-refractivity contribution in [1.29, 1.82) is 0 Å². The minimum Gasteiger partial charge on any atom is -0.465 e. The molecule has 0 aliphatic carbocycles. The van der Waals surface area contributed by atoms with Crippen LogP contribution in [0.4, 0.5) is 0 Å². The van der Waals surface area contributed by atoms with Gasteiger partial charge in [-0.2, -0.15) is 0 Å². The molecule has 0 spiro atoms. The molecule has 0 fully saturated rings. The van der Waals surface area contributed by atoms with E-state index >= 15 is 0 Å². The minimum atomic E-state index is -0.490. The number of rotatable bonds is 6. The Labute approximate surface area is 247 Å². The van der Waals surface area contributed by atoms with Crippen LogP contribution < -0.4 is 0 Å². The molecule has 0 heterocycles. The van der Waals surface area contributed by atoms with Crippen LogP contribution in [0.25, 0.3) is 43.8 Å². The molecule has 5 rings (SSSR count). The van der Waals surface area contributed by atoms with E-state index < -0.39 is 23.9 Å². The Balaban J connectivity index is 1.98. The summed E-state index contributed by atoms with van der Waals surface area (Å²) in [6.07, 6.45) is 0. The number of fused-ring (bicyclic) bond motifs is 3. The highest BCUT2D eigenvalue weighted by Gasteiger charge is 2.23. The maximum Gasteiger partial charge on any atom is 0.337 e. The molecule has 0 aromatic heterocycles. The predicted octanol–water partition coefficient (Wildman–Crippen LogP) is 6.78. The molecule has 0 N–H and O–H groups in total. The topological polar surface area (TPSA) is 105 Å². The summed E-state index contributed by atoms with van der Waals surface area (Å²) in [7, 11) is 5.29. The molecule has 0 amide bonds. The van der Waals surface area contributed by atoms with Crippen molar-refractivity contribution in [2.45, 2.75) is 6.92 Å². The van der Waals surface area contributed by atoms with Gasteiger partial charge in [0.15, 0.2) is 0 Å². The van der Waals surface area contributed by atoms with Crippen LogP contribution in [0.15, 0.2) is 78.9 Å². The lowest BCUT2D eigenvalue weighted by Crippen LogP contribution is -2.04. The fourth-order valence-electron chi connectivity index (χ4n) is 5.44. The smallest absolute Gasteiger partial charge is 0.337 e. The molecule has 5 aromatic rings. The number of ether oxygens (including phenoxy) is 4. The highest BCUT2D eigenvalue weighted by Crippen LogP contribution is 2.46. The van der Waals surface area contributed by atoms with Gasteiger partial charge in [-0.05, 0) is 105 Å². The molecule has 8 nitrogen and oxygen atoms in total. The maximum absolute atomic E-state index is 12.7. The van der Waals surface area contributed by atoms with E-state index in [1.807, 2.05) is 25.1 Å². The number of esters is 4. The van der Waals surface area contributed by atoms with E-state index in [4.69, 9.17) is 18.9 Å². The molecular formula is C35H28O8. The van der Waals surface area contributed by atoms with Gasteiger partial charge >= 0.3 is 23.9 Å². The second kappa shape index (κ2) is 11.8. The zero-order chi connectivity index (χ0) is 30.8. The third-order valence-corrected chi connectivity index (χ3v) is 7.44. The first-order valence-corrected chi connectivity index (χ1v) is 13.3. The molecule has 0 bridgehead atoms. The molecule has 0 radical (unpaired) electrons. The monoisotopic (exact) mass is 576 g/mol. The van der Waals surface area contributed by atoms with Crippen LogP contribution in [-0.4, -0.2) is 52.3 Å². The zero-order valence-corrected chi connectivity index (χ0v) is 24.3. The lowest BCUT2D eigenvalue weighted by molar-refractivity contribution is 0.0592. The molecule has 0 aliphatic rings. The van der Waals surface area contributed by atoms with Crippen molar-refractivity contribution < 1.29 is 38.1 Å². The highest BCUT2D eigenvalue weighted by atomic mass is 16.5. The van der Waals surface area contributed by atoms with Crippen molar-refractivity contribution in [3.63, 3.8) is 0 Å². The quantitative estimate of drug-likeness (QED) is 0.124. The highest BCUT2D eigenvalue weighted by molar-refractivity contribution is 6.24. The van der Waals surface area contributed by atoms with Gasteiger partial charge in [-0.1, -0.05) is 30.3 Å². The summed E-state index contributed by atoms with van der Waals surface area (Å²) in [4.78, 5) is 49.8. The van der Waals surface area contributed by atoms with Gasteiger partial charge in [0.25, 0.3) is 0 Å². The molecule has 8 heteroatoms. The summed E-state index contributed by atoms with van der Waals surface area (Å²) in [6, 6.07) is 22.8. The fraction of sp³-hybridized carbons (Fsp3) is 0.143. The zero-order valence-electron chi connectivity index (χ0n) is 24.3. The minimum absolute atomic E-state index is 0.359. The summed E-state index contributed by atoms with van der Waals surface area (Å²) in [5, 5.41) is 3.23. The Bertz CT molecular complexity index is 1920. The number of aryl methyl sites for hydroxylation is 1. The first-order chi connectivity index (χ1) is 20.7. The standard InChI is InChI=1S/C35H28O8/c1-19-16-25(35(39)43-5)18-28-29(19)26-15-14-24(34(38)42-4)17-27(26)30(20-6-10-22(11-7-20)32(36)40-2)31(28)21-8-12-23(13-9-21)33(37)41-3/h6-18H,1-5H3. The van der Waals surface area contributed by atoms with Crippen molar-refractivity contribution in [3.05, 3.63) is 107 Å². The average molecular weight is 577 g/mol. The van der Waals surface area contributed by atoms with E-state index in [0.29, 0.717) is 22.3 Å². The van der Waals surface area contributed by atoms with Crippen molar-refractivity contribution in [2.75, 3.05) is 28.4 Å². The lowest BCUT2D eigenvalue weighted by atomic mass is 9.82. The first-order valence-electron chi connectivity index (χ1n) is 13.3. The van der Waals surface area contributed by atoms with Crippen LogP contribution in [-0.2, 0) is 18.9 Å². The van der Waals surface area contributed by atoms with E-state index in [-0.39, 0.29) is 0 Å². The third kappa shape index (κ3) is 5.19. The lowest BCUT2D eigenvalue weighted by Gasteiger charge is -2.21. The van der Waals surface area contributed by atoms with Crippen molar-refractivity contribution in [1.82, 2.24) is 0 Å². The molecule has 0 unspecified atom stereocenters. The fourth-order valence-corrected chi connectivity index (χ4v) is 5.44. The largest absolute Gasteiger partial charge is 0.465 e. The van der Waals surface area contributed by atoms with Crippen LogP contribution in [0.1, 0.15) is 47.0 Å². The Morgan fingerprint density at radius 1 is 0.442 bits per heavy atom. The number of benzene rings is 5. The number of carbonyl (C=O) groups excluding carboxylic acids is 4. The molecule has 0 aliphatic heterocycles. The van der Waals surface area contributed by atoms with E-state index in [1.54, 1.807) is 60.7 Å². The second-order valence-electron chi connectivity index (χ2n) is 9.85. The number of hydrogen-bond donors (Lipinski definition) is 0. The first kappa shape index (κ1) is 29.0. The van der Waals surface area contributed by atoms with E-state index in [0.717, 1.165) is 49.4 Å². The van der Waals surface area contributed by atoms with Crippen LogP contribution in [0.3, 0.4) is 0 Å². The molecule has 43 heavy (non-hydrogen) atoms. The average Bonchev–Trinajstić information content (AvgIpc) is 3.05. The van der Waals surface area contributed by atoms with Crippen LogP contribution >= 0.6 is 0 Å². The summed E-state index contributed by atoms with van der Waals surface area (Å²) in [5.41, 5.74) is 5.30. The summed E-state index contributed by atoms with van der Waals surface area (Å²) in [6.45, 7) is 1.91. The Morgan fingerprint density at radius 2 is 0.837 bits per heavy atom. The second-order valence-corrected chi connectivity index (χ2v) is 9.85. The molecule has 216 valence electrons. The van der Waals surface area contributed by atoms with E-state index in [9.17, 15) is 19.2 Å². The van der Waals surface area contributed by atoms with Crippen LogP contribution in [0.5, 0.6) is 0 Å². The third-order valence-electron chi connectivity index (χ3n) is 7.44. The predicted molar refractivity (Wildman–Crippen MR) is 162 cm³/mol. The van der Waals surface area contributed by atoms with Gasteiger partial charge in [-0.3, -0.25) is 0 Å². The van der Waals surface area contributed by atoms with Crippen LogP contribution in [0.2, 0.25) is 0 Å². The summed E-state index contributed by atoms with van der Waals surface area (Å²) >= 11 is 0. The van der Waals surface area contributed by atoms with Gasteiger partial charge in [0.05, 0.1) is 50.7 Å². The SMILES string of the molecule is COC(=O)c1ccc(-c2c(-c3ccc(C(=O)OC)cc3)c3cc(C(=O)OC)cc(C)c3c3ccc(C(=O)OC)cc23)cc1. The van der Waals surface area contributed by atoms with Crippen LogP contribution in [0, 0.1) is 6.92 Å². The molecule has 0 saturated carbocycles. The van der Waals surface area contributed by atoms with Gasteiger partial charge in [0, 0.05) is 0 Å².